The molecule has 1 rings (SSSR count). The lowest BCUT2D eigenvalue weighted by molar-refractivity contribution is -0.118. The van der Waals surface area contributed by atoms with E-state index in [9.17, 15) is 9.59 Å². The smallest absolute Gasteiger partial charge is 0.407 e. The Morgan fingerprint density at radius 1 is 1.50 bits per heavy atom. The molecule has 1 aliphatic rings. The number of alkyl carbamates (subject to hydrolysis) is 1. The first-order valence-electron chi connectivity index (χ1n) is 5.49. The summed E-state index contributed by atoms with van der Waals surface area (Å²) in [4.78, 5) is 22.9. The first-order chi connectivity index (χ1) is 7.29. The Morgan fingerprint density at radius 2 is 2.12 bits per heavy atom. The predicted molar refractivity (Wildman–Crippen MR) is 61.1 cm³/mol. The lowest BCUT2D eigenvalue weighted by Gasteiger charge is -2.27. The number of nitrogens with one attached hydrogen (secondary N) is 1. The number of carbonyl (C=O) groups is 2. The van der Waals surface area contributed by atoms with Gasteiger partial charge in [-0.2, -0.15) is 0 Å². The van der Waals surface area contributed by atoms with Crippen LogP contribution < -0.4 is 5.32 Å². The minimum absolute atomic E-state index is 0.0484. The van der Waals surface area contributed by atoms with Crippen LogP contribution in [0, 0.1) is 5.92 Å². The largest absolute Gasteiger partial charge is 0.444 e. The highest BCUT2D eigenvalue weighted by atomic mass is 16.6. The van der Waals surface area contributed by atoms with Crippen LogP contribution in [0.3, 0.4) is 0 Å². The Balaban J connectivity index is 2.52. The summed E-state index contributed by atoms with van der Waals surface area (Å²) >= 11 is 0. The zero-order valence-electron chi connectivity index (χ0n) is 10.2. The average Bonchev–Trinajstić information content (AvgIpc) is 2.09. The summed E-state index contributed by atoms with van der Waals surface area (Å²) in [5, 5.41) is 2.72. The van der Waals surface area contributed by atoms with Crippen molar-refractivity contribution in [1.29, 1.82) is 0 Å². The number of rotatable bonds is 1. The molecule has 0 heterocycles. The van der Waals surface area contributed by atoms with Crippen molar-refractivity contribution in [2.45, 2.75) is 45.8 Å². The fourth-order valence-electron chi connectivity index (χ4n) is 1.53. The van der Waals surface area contributed by atoms with E-state index < -0.39 is 11.7 Å². The lowest BCUT2D eigenvalue weighted by Crippen LogP contribution is -2.45. The third kappa shape index (κ3) is 3.68. The molecule has 0 radical (unpaired) electrons. The first-order valence-corrected chi connectivity index (χ1v) is 5.49. The maximum absolute atomic E-state index is 11.5. The number of amides is 1. The van der Waals surface area contributed by atoms with Gasteiger partial charge in [-0.3, -0.25) is 4.79 Å². The van der Waals surface area contributed by atoms with Gasteiger partial charge in [-0.1, -0.05) is 13.0 Å². The van der Waals surface area contributed by atoms with Crippen molar-refractivity contribution in [3.8, 4) is 0 Å². The highest BCUT2D eigenvalue weighted by molar-refractivity contribution is 5.93. The number of hydrogen-bond donors (Lipinski definition) is 1. The lowest BCUT2D eigenvalue weighted by atomic mass is 9.90. The summed E-state index contributed by atoms with van der Waals surface area (Å²) in [6.07, 6.45) is 3.56. The standard InChI is InChI=1S/C12H19NO3/c1-8-9(6-5-7-10(8)14)13-11(15)16-12(2,3)4/h5,7-9H,6H2,1-4H3,(H,13,15)/t8-,9+/m1/s1. The number of allylic oxidation sites excluding steroid dienone is 1. The molecule has 1 N–H and O–H groups in total. The van der Waals surface area contributed by atoms with Crippen LogP contribution in [0.2, 0.25) is 0 Å². The van der Waals surface area contributed by atoms with Crippen LogP contribution in [-0.2, 0) is 9.53 Å². The minimum atomic E-state index is -0.512. The molecule has 1 amide bonds. The zero-order valence-corrected chi connectivity index (χ0v) is 10.2. The molecule has 0 saturated carbocycles. The molecule has 2 atom stereocenters. The molecular formula is C12H19NO3. The Hall–Kier alpha value is -1.32. The van der Waals surface area contributed by atoms with Crippen molar-refractivity contribution < 1.29 is 14.3 Å². The van der Waals surface area contributed by atoms with Crippen LogP contribution in [0.5, 0.6) is 0 Å². The molecule has 0 aromatic heterocycles. The quantitative estimate of drug-likeness (QED) is 0.743. The van der Waals surface area contributed by atoms with Crippen LogP contribution in [0.4, 0.5) is 4.79 Å². The van der Waals surface area contributed by atoms with Gasteiger partial charge in [0.05, 0.1) is 0 Å². The van der Waals surface area contributed by atoms with Gasteiger partial charge in [0, 0.05) is 12.0 Å². The molecule has 1 aliphatic carbocycles. The van der Waals surface area contributed by atoms with Crippen LogP contribution in [0.15, 0.2) is 12.2 Å². The Kier molecular flexibility index (Phi) is 3.73. The minimum Gasteiger partial charge on any atom is -0.444 e. The summed E-state index contributed by atoms with van der Waals surface area (Å²) in [6.45, 7) is 7.24. The molecule has 4 heteroatoms. The molecule has 90 valence electrons. The second-order valence-corrected chi connectivity index (χ2v) is 5.08. The molecule has 0 aromatic rings. The van der Waals surface area contributed by atoms with Gasteiger partial charge in [0.1, 0.15) is 5.60 Å². The topological polar surface area (TPSA) is 55.4 Å². The fraction of sp³-hybridized carbons (Fsp3) is 0.667. The Labute approximate surface area is 96.0 Å². The van der Waals surface area contributed by atoms with E-state index in [0.717, 1.165) is 0 Å². The maximum Gasteiger partial charge on any atom is 0.407 e. The number of ketones is 1. The van der Waals surface area contributed by atoms with E-state index >= 15 is 0 Å². The third-order valence-electron chi connectivity index (χ3n) is 2.43. The Bertz CT molecular complexity index is 315. The van der Waals surface area contributed by atoms with E-state index in [0.29, 0.717) is 6.42 Å². The molecule has 0 fully saturated rings. The molecule has 4 nitrogen and oxygen atoms in total. The zero-order chi connectivity index (χ0) is 12.3. The molecule has 0 spiro atoms. The second kappa shape index (κ2) is 4.68. The highest BCUT2D eigenvalue weighted by Crippen LogP contribution is 2.16. The molecule has 0 aliphatic heterocycles. The summed E-state index contributed by atoms with van der Waals surface area (Å²) < 4.78 is 5.14. The fourth-order valence-corrected chi connectivity index (χ4v) is 1.53. The molecule has 16 heavy (non-hydrogen) atoms. The number of ether oxygens (including phenoxy) is 1. The van der Waals surface area contributed by atoms with Crippen LogP contribution in [0.1, 0.15) is 34.1 Å². The van der Waals surface area contributed by atoms with E-state index in [1.807, 2.05) is 27.7 Å². The van der Waals surface area contributed by atoms with Crippen molar-refractivity contribution in [3.63, 3.8) is 0 Å². The third-order valence-corrected chi connectivity index (χ3v) is 2.43. The SMILES string of the molecule is C[C@H]1C(=O)C=CC[C@@H]1NC(=O)OC(C)(C)C. The van der Waals surface area contributed by atoms with Gasteiger partial charge in [-0.05, 0) is 33.3 Å². The van der Waals surface area contributed by atoms with Gasteiger partial charge in [-0.25, -0.2) is 4.79 Å². The van der Waals surface area contributed by atoms with E-state index in [4.69, 9.17) is 4.74 Å². The van der Waals surface area contributed by atoms with E-state index in [2.05, 4.69) is 5.32 Å². The maximum atomic E-state index is 11.5. The van der Waals surface area contributed by atoms with Gasteiger partial charge >= 0.3 is 6.09 Å². The summed E-state index contributed by atoms with van der Waals surface area (Å²) in [5.74, 6) is -0.134. The molecule has 0 unspecified atom stereocenters. The van der Waals surface area contributed by atoms with Crippen molar-refractivity contribution in [3.05, 3.63) is 12.2 Å². The van der Waals surface area contributed by atoms with Gasteiger partial charge in [0.2, 0.25) is 0 Å². The summed E-state index contributed by atoms with van der Waals surface area (Å²) in [7, 11) is 0. The Morgan fingerprint density at radius 3 is 2.69 bits per heavy atom. The van der Waals surface area contributed by atoms with Crippen molar-refractivity contribution >= 4 is 11.9 Å². The van der Waals surface area contributed by atoms with Gasteiger partial charge < -0.3 is 10.1 Å². The van der Waals surface area contributed by atoms with Crippen molar-refractivity contribution in [1.82, 2.24) is 5.32 Å². The molecular weight excluding hydrogens is 206 g/mol. The van der Waals surface area contributed by atoms with Gasteiger partial charge in [0.15, 0.2) is 5.78 Å². The number of hydrogen-bond acceptors (Lipinski definition) is 3. The summed E-state index contributed by atoms with van der Waals surface area (Å²) in [6, 6.07) is -0.160. The average molecular weight is 225 g/mol. The molecule has 0 saturated heterocycles. The normalized spacial score (nSPS) is 25.4. The number of carbonyl (C=O) groups excluding carboxylic acids is 2. The van der Waals surface area contributed by atoms with Crippen molar-refractivity contribution in [2.75, 3.05) is 0 Å². The molecule has 0 aromatic carbocycles. The first kappa shape index (κ1) is 12.7. The van der Waals surface area contributed by atoms with Crippen LogP contribution >= 0.6 is 0 Å². The van der Waals surface area contributed by atoms with E-state index in [-0.39, 0.29) is 17.7 Å². The van der Waals surface area contributed by atoms with Gasteiger partial charge in [0.25, 0.3) is 0 Å². The van der Waals surface area contributed by atoms with E-state index in [1.165, 1.54) is 0 Å². The highest BCUT2D eigenvalue weighted by Gasteiger charge is 2.27. The van der Waals surface area contributed by atoms with Crippen molar-refractivity contribution in [2.24, 2.45) is 5.92 Å². The molecule has 0 bridgehead atoms. The van der Waals surface area contributed by atoms with Crippen LogP contribution in [0.25, 0.3) is 0 Å². The second-order valence-electron chi connectivity index (χ2n) is 5.08. The summed E-state index contributed by atoms with van der Waals surface area (Å²) in [5.41, 5.74) is -0.512. The monoisotopic (exact) mass is 225 g/mol. The van der Waals surface area contributed by atoms with Gasteiger partial charge in [-0.15, -0.1) is 0 Å². The van der Waals surface area contributed by atoms with E-state index in [1.54, 1.807) is 12.2 Å². The predicted octanol–water partition coefficient (Wildman–Crippen LogP) is 2.04. The van der Waals surface area contributed by atoms with Crippen LogP contribution in [-0.4, -0.2) is 23.5 Å².